The second kappa shape index (κ2) is 8.42. The molecule has 0 atom stereocenters. The summed E-state index contributed by atoms with van der Waals surface area (Å²) < 4.78 is 0. The molecule has 2 aliphatic heterocycles. The van der Waals surface area contributed by atoms with Crippen LogP contribution in [0.3, 0.4) is 0 Å². The number of anilines is 1. The van der Waals surface area contributed by atoms with E-state index in [0.29, 0.717) is 19.0 Å². The Hall–Kier alpha value is -1.69. The van der Waals surface area contributed by atoms with Crippen molar-refractivity contribution in [3.05, 3.63) is 29.8 Å². The molecule has 24 heavy (non-hydrogen) atoms. The van der Waals surface area contributed by atoms with E-state index in [2.05, 4.69) is 10.6 Å². The van der Waals surface area contributed by atoms with Crippen molar-refractivity contribution in [1.82, 2.24) is 10.6 Å². The van der Waals surface area contributed by atoms with Crippen LogP contribution in [0.1, 0.15) is 37.7 Å². The van der Waals surface area contributed by atoms with E-state index in [1.165, 1.54) is 0 Å². The fourth-order valence-corrected chi connectivity index (χ4v) is 4.28. The van der Waals surface area contributed by atoms with Crippen LogP contribution in [0, 0.1) is 0 Å². The van der Waals surface area contributed by atoms with Gasteiger partial charge < -0.3 is 15.5 Å². The van der Waals surface area contributed by atoms with E-state index in [1.807, 2.05) is 40.9 Å². The molecule has 0 aromatic heterocycles. The molecule has 2 saturated heterocycles. The Morgan fingerprint density at radius 3 is 2.88 bits per heavy atom. The molecule has 1 aromatic carbocycles. The van der Waals surface area contributed by atoms with Gasteiger partial charge in [0.05, 0.1) is 0 Å². The molecule has 0 spiro atoms. The normalized spacial score (nSPS) is 19.2. The number of hydrogen-bond donors (Lipinski definition) is 2. The topological polar surface area (TPSA) is 61.4 Å². The molecular formula is C18H25N3O2S. The van der Waals surface area contributed by atoms with Gasteiger partial charge in [-0.15, -0.1) is 0 Å². The highest BCUT2D eigenvalue weighted by molar-refractivity contribution is 7.99. The van der Waals surface area contributed by atoms with Crippen molar-refractivity contribution in [1.29, 1.82) is 0 Å². The van der Waals surface area contributed by atoms with Crippen LogP contribution in [0.4, 0.5) is 10.5 Å². The Balaban J connectivity index is 1.52. The van der Waals surface area contributed by atoms with Gasteiger partial charge >= 0.3 is 6.03 Å². The van der Waals surface area contributed by atoms with Crippen LogP contribution in [-0.2, 0) is 11.3 Å². The van der Waals surface area contributed by atoms with Gasteiger partial charge in [-0.2, -0.15) is 11.8 Å². The minimum atomic E-state index is -0.105. The number of nitrogens with zero attached hydrogens (tertiary/aromatic N) is 1. The van der Waals surface area contributed by atoms with Crippen LogP contribution in [-0.4, -0.2) is 36.0 Å². The zero-order valence-corrected chi connectivity index (χ0v) is 14.7. The first-order chi connectivity index (χ1) is 11.7. The highest BCUT2D eigenvalue weighted by Crippen LogP contribution is 2.22. The molecule has 3 amide bonds. The van der Waals surface area contributed by atoms with Crippen LogP contribution in [0.15, 0.2) is 24.3 Å². The van der Waals surface area contributed by atoms with Crippen molar-refractivity contribution < 1.29 is 9.59 Å². The lowest BCUT2D eigenvalue weighted by Crippen LogP contribution is -2.43. The summed E-state index contributed by atoms with van der Waals surface area (Å²) in [6.45, 7) is 1.26. The lowest BCUT2D eigenvalue weighted by molar-refractivity contribution is -0.119. The van der Waals surface area contributed by atoms with Crippen molar-refractivity contribution in [2.75, 3.05) is 23.0 Å². The Kier molecular flexibility index (Phi) is 6.01. The lowest BCUT2D eigenvalue weighted by Gasteiger charge is -2.27. The Morgan fingerprint density at radius 1 is 1.25 bits per heavy atom. The highest BCUT2D eigenvalue weighted by atomic mass is 32.2. The van der Waals surface area contributed by atoms with Crippen LogP contribution >= 0.6 is 11.8 Å². The Morgan fingerprint density at radius 2 is 2.08 bits per heavy atom. The first kappa shape index (κ1) is 17.1. The van der Waals surface area contributed by atoms with Gasteiger partial charge in [-0.05, 0) is 54.9 Å². The Labute approximate surface area is 147 Å². The van der Waals surface area contributed by atoms with Gasteiger partial charge in [-0.1, -0.05) is 12.1 Å². The van der Waals surface area contributed by atoms with Gasteiger partial charge in [-0.25, -0.2) is 4.79 Å². The largest absolute Gasteiger partial charge is 0.335 e. The standard InChI is InChI=1S/C18H25N3O2S/c22-17-6-1-2-9-21(17)16-5-3-4-14(12-16)13-19-18(23)20-15-7-10-24-11-8-15/h3-5,12,15H,1-2,6-11,13H2,(H2,19,20,23). The number of thioether (sulfide) groups is 1. The molecule has 0 unspecified atom stereocenters. The molecule has 0 saturated carbocycles. The van der Waals surface area contributed by atoms with Crippen LogP contribution in [0.5, 0.6) is 0 Å². The third-order valence-electron chi connectivity index (χ3n) is 4.56. The summed E-state index contributed by atoms with van der Waals surface area (Å²) in [5, 5.41) is 5.97. The van der Waals surface area contributed by atoms with Crippen molar-refractivity contribution in [2.45, 2.75) is 44.7 Å². The lowest BCUT2D eigenvalue weighted by atomic mass is 10.1. The maximum atomic E-state index is 12.0. The molecule has 0 aliphatic carbocycles. The number of hydrogen-bond acceptors (Lipinski definition) is 3. The van der Waals surface area contributed by atoms with Gasteiger partial charge in [0.15, 0.2) is 0 Å². The first-order valence-corrected chi connectivity index (χ1v) is 9.89. The fourth-order valence-electron chi connectivity index (χ4n) is 3.17. The van der Waals surface area contributed by atoms with Crippen LogP contribution in [0.2, 0.25) is 0 Å². The smallest absolute Gasteiger partial charge is 0.315 e. The number of benzene rings is 1. The average molecular weight is 347 g/mol. The van der Waals surface area contributed by atoms with Gasteiger partial charge in [-0.3, -0.25) is 4.79 Å². The van der Waals surface area contributed by atoms with Crippen LogP contribution in [0.25, 0.3) is 0 Å². The van der Waals surface area contributed by atoms with E-state index in [1.54, 1.807) is 0 Å². The molecule has 3 rings (SSSR count). The average Bonchev–Trinajstić information content (AvgIpc) is 2.61. The second-order valence-corrected chi connectivity index (χ2v) is 7.61. The molecule has 0 bridgehead atoms. The summed E-state index contributed by atoms with van der Waals surface area (Å²) in [6, 6.07) is 8.09. The van der Waals surface area contributed by atoms with Crippen LogP contribution < -0.4 is 15.5 Å². The monoisotopic (exact) mass is 347 g/mol. The molecule has 5 nitrogen and oxygen atoms in total. The summed E-state index contributed by atoms with van der Waals surface area (Å²) in [5.41, 5.74) is 1.95. The van der Waals surface area contributed by atoms with Gasteiger partial charge in [0.1, 0.15) is 0 Å². The van der Waals surface area contributed by atoms with Gasteiger partial charge in [0.25, 0.3) is 0 Å². The van der Waals surface area contributed by atoms with E-state index in [-0.39, 0.29) is 11.9 Å². The minimum Gasteiger partial charge on any atom is -0.335 e. The van der Waals surface area contributed by atoms with Gasteiger partial charge in [0.2, 0.25) is 5.91 Å². The molecular weight excluding hydrogens is 322 g/mol. The molecule has 2 aliphatic rings. The fraction of sp³-hybridized carbons (Fsp3) is 0.556. The second-order valence-electron chi connectivity index (χ2n) is 6.39. The van der Waals surface area contributed by atoms with E-state index in [4.69, 9.17) is 0 Å². The third-order valence-corrected chi connectivity index (χ3v) is 5.60. The SMILES string of the molecule is O=C(NCc1cccc(N2CCCCC2=O)c1)NC1CCSCC1. The van der Waals surface area contributed by atoms with Crippen molar-refractivity contribution >= 4 is 29.4 Å². The van der Waals surface area contributed by atoms with E-state index in [0.717, 1.165) is 55.0 Å². The number of nitrogens with one attached hydrogen (secondary N) is 2. The maximum absolute atomic E-state index is 12.0. The third kappa shape index (κ3) is 4.66. The molecule has 2 heterocycles. The van der Waals surface area contributed by atoms with Gasteiger partial charge in [0, 0.05) is 31.2 Å². The molecule has 130 valence electrons. The molecule has 2 fully saturated rings. The van der Waals surface area contributed by atoms with Crippen molar-refractivity contribution in [2.24, 2.45) is 0 Å². The highest BCUT2D eigenvalue weighted by Gasteiger charge is 2.20. The summed E-state index contributed by atoms with van der Waals surface area (Å²) >= 11 is 1.95. The number of amides is 3. The van der Waals surface area contributed by atoms with Crippen molar-refractivity contribution in [3.63, 3.8) is 0 Å². The number of carbonyl (C=O) groups excluding carboxylic acids is 2. The number of piperidine rings is 1. The molecule has 1 aromatic rings. The number of carbonyl (C=O) groups is 2. The number of urea groups is 1. The molecule has 6 heteroatoms. The first-order valence-electron chi connectivity index (χ1n) is 8.74. The summed E-state index contributed by atoms with van der Waals surface area (Å²) in [7, 11) is 0. The Bertz CT molecular complexity index is 587. The number of rotatable bonds is 4. The van der Waals surface area contributed by atoms with E-state index < -0.39 is 0 Å². The summed E-state index contributed by atoms with van der Waals surface area (Å²) in [4.78, 5) is 25.9. The summed E-state index contributed by atoms with van der Waals surface area (Å²) in [6.07, 6.45) is 4.76. The predicted molar refractivity (Wildman–Crippen MR) is 98.4 cm³/mol. The van der Waals surface area contributed by atoms with E-state index in [9.17, 15) is 9.59 Å². The minimum absolute atomic E-state index is 0.105. The maximum Gasteiger partial charge on any atom is 0.315 e. The predicted octanol–water partition coefficient (Wildman–Crippen LogP) is 2.90. The zero-order valence-electron chi connectivity index (χ0n) is 13.9. The molecule has 0 radical (unpaired) electrons. The molecule has 2 N–H and O–H groups in total. The van der Waals surface area contributed by atoms with Crippen molar-refractivity contribution in [3.8, 4) is 0 Å². The zero-order chi connectivity index (χ0) is 16.8. The van der Waals surface area contributed by atoms with E-state index >= 15 is 0 Å². The quantitative estimate of drug-likeness (QED) is 0.880. The summed E-state index contributed by atoms with van der Waals surface area (Å²) in [5.74, 6) is 2.44.